The fourth-order valence-corrected chi connectivity index (χ4v) is 4.46. The van der Waals surface area contributed by atoms with E-state index in [1.165, 1.54) is 24.3 Å². The standard InChI is InChI=1S/C32H30F4N2O4/c1-41-12-10-37-11-13-42-26-6-4-22(5-7-26)32(40)38-25-18-23(14-20-2-8-27(33)29(35)16-20)31(39)24(19-25)15-21-3-9-28(34)30(36)17-21/h2-9,14-17,25,37H,10-13,18-19H2,1H3,(H,38,40)/b23-14+,24-15+. The van der Waals surface area contributed by atoms with Crippen molar-refractivity contribution in [2.45, 2.75) is 18.9 Å². The second-order valence-corrected chi connectivity index (χ2v) is 9.71. The smallest absolute Gasteiger partial charge is 0.251 e. The molecule has 3 aromatic carbocycles. The molecule has 1 amide bonds. The second-order valence-electron chi connectivity index (χ2n) is 9.71. The zero-order chi connectivity index (χ0) is 30.1. The maximum Gasteiger partial charge on any atom is 0.251 e. The fraction of sp³-hybridized carbons (Fsp3) is 0.250. The quantitative estimate of drug-likeness (QED) is 0.178. The maximum absolute atomic E-state index is 13.8. The fourth-order valence-electron chi connectivity index (χ4n) is 4.46. The number of Topliss-reactive ketones (excluding diaryl/α,β-unsaturated/α-hetero) is 1. The first kappa shape index (κ1) is 30.7. The Morgan fingerprint density at radius 1 is 0.810 bits per heavy atom. The van der Waals surface area contributed by atoms with Crippen LogP contribution in [0.5, 0.6) is 5.75 Å². The summed E-state index contributed by atoms with van der Waals surface area (Å²) >= 11 is 0. The van der Waals surface area contributed by atoms with Crippen LogP contribution in [0.1, 0.15) is 34.3 Å². The summed E-state index contributed by atoms with van der Waals surface area (Å²) in [6, 6.07) is 12.6. The molecule has 0 aliphatic heterocycles. The van der Waals surface area contributed by atoms with Crippen LogP contribution in [-0.2, 0) is 9.53 Å². The number of hydrogen-bond donors (Lipinski definition) is 2. The van der Waals surface area contributed by atoms with E-state index in [9.17, 15) is 27.2 Å². The molecule has 2 N–H and O–H groups in total. The van der Waals surface area contributed by atoms with Crippen molar-refractivity contribution in [2.75, 3.05) is 33.4 Å². The second kappa shape index (κ2) is 14.6. The minimum atomic E-state index is -1.07. The van der Waals surface area contributed by atoms with Crippen LogP contribution in [0.2, 0.25) is 0 Å². The van der Waals surface area contributed by atoms with Crippen LogP contribution < -0.4 is 15.4 Å². The predicted molar refractivity (Wildman–Crippen MR) is 151 cm³/mol. The monoisotopic (exact) mass is 582 g/mol. The van der Waals surface area contributed by atoms with Gasteiger partial charge in [-0.2, -0.15) is 0 Å². The van der Waals surface area contributed by atoms with E-state index in [2.05, 4.69) is 10.6 Å². The van der Waals surface area contributed by atoms with E-state index in [1.54, 1.807) is 31.4 Å². The number of ketones is 1. The van der Waals surface area contributed by atoms with E-state index in [-0.39, 0.29) is 41.0 Å². The lowest BCUT2D eigenvalue weighted by atomic mass is 9.83. The van der Waals surface area contributed by atoms with Gasteiger partial charge in [0.25, 0.3) is 5.91 Å². The number of carbonyl (C=O) groups excluding carboxylic acids is 2. The van der Waals surface area contributed by atoms with E-state index in [0.29, 0.717) is 37.6 Å². The average molecular weight is 583 g/mol. The van der Waals surface area contributed by atoms with Gasteiger partial charge in [-0.05, 0) is 84.7 Å². The number of ether oxygens (including phenoxy) is 2. The van der Waals surface area contributed by atoms with E-state index < -0.39 is 35.1 Å². The van der Waals surface area contributed by atoms with Crippen LogP contribution >= 0.6 is 0 Å². The van der Waals surface area contributed by atoms with Gasteiger partial charge < -0.3 is 20.1 Å². The number of amides is 1. The maximum atomic E-state index is 13.8. The number of nitrogens with one attached hydrogen (secondary N) is 2. The summed E-state index contributed by atoms with van der Waals surface area (Å²) in [7, 11) is 1.63. The summed E-state index contributed by atoms with van der Waals surface area (Å²) in [5.41, 5.74) is 1.39. The summed E-state index contributed by atoms with van der Waals surface area (Å²) in [6.45, 7) is 2.38. The van der Waals surface area contributed by atoms with Crippen LogP contribution in [0.15, 0.2) is 71.8 Å². The molecule has 0 saturated heterocycles. The molecule has 6 nitrogen and oxygen atoms in total. The van der Waals surface area contributed by atoms with Crippen molar-refractivity contribution in [3.63, 3.8) is 0 Å². The highest BCUT2D eigenvalue weighted by molar-refractivity contribution is 6.14. The molecule has 0 atom stereocenters. The van der Waals surface area contributed by atoms with E-state index in [4.69, 9.17) is 9.47 Å². The first-order chi connectivity index (χ1) is 20.2. The molecule has 0 heterocycles. The number of methoxy groups -OCH3 is 1. The summed E-state index contributed by atoms with van der Waals surface area (Å²) in [5, 5.41) is 6.08. The van der Waals surface area contributed by atoms with Crippen molar-refractivity contribution in [1.29, 1.82) is 0 Å². The Morgan fingerprint density at radius 3 is 1.88 bits per heavy atom. The molecular weight excluding hydrogens is 552 g/mol. The molecule has 1 aliphatic rings. The molecule has 0 spiro atoms. The number of halogens is 4. The van der Waals surface area contributed by atoms with E-state index in [0.717, 1.165) is 24.3 Å². The van der Waals surface area contributed by atoms with Crippen molar-refractivity contribution in [3.05, 3.63) is 112 Å². The zero-order valence-corrected chi connectivity index (χ0v) is 22.9. The van der Waals surface area contributed by atoms with Crippen LogP contribution in [0.4, 0.5) is 17.6 Å². The molecule has 1 saturated carbocycles. The van der Waals surface area contributed by atoms with Gasteiger partial charge >= 0.3 is 0 Å². The van der Waals surface area contributed by atoms with Crippen LogP contribution in [0.3, 0.4) is 0 Å². The van der Waals surface area contributed by atoms with Crippen LogP contribution in [-0.4, -0.2) is 51.1 Å². The Labute approximate surface area is 241 Å². The molecule has 0 aromatic heterocycles. The molecule has 1 aliphatic carbocycles. The Morgan fingerprint density at radius 2 is 1.36 bits per heavy atom. The van der Waals surface area contributed by atoms with Gasteiger partial charge in [-0.15, -0.1) is 0 Å². The van der Waals surface area contributed by atoms with Crippen molar-refractivity contribution in [3.8, 4) is 5.75 Å². The highest BCUT2D eigenvalue weighted by Gasteiger charge is 2.29. The highest BCUT2D eigenvalue weighted by Crippen LogP contribution is 2.29. The minimum Gasteiger partial charge on any atom is -0.492 e. The van der Waals surface area contributed by atoms with E-state index >= 15 is 0 Å². The molecule has 0 bridgehead atoms. The molecular formula is C32H30F4N2O4. The molecule has 4 rings (SSSR count). The largest absolute Gasteiger partial charge is 0.492 e. The topological polar surface area (TPSA) is 76.7 Å². The number of benzene rings is 3. The van der Waals surface area contributed by atoms with Gasteiger partial charge in [0, 0.05) is 43.0 Å². The lowest BCUT2D eigenvalue weighted by Crippen LogP contribution is -2.39. The molecule has 10 heteroatoms. The first-order valence-corrected chi connectivity index (χ1v) is 13.3. The van der Waals surface area contributed by atoms with E-state index in [1.807, 2.05) is 0 Å². The molecule has 3 aromatic rings. The Hall–Kier alpha value is -4.28. The van der Waals surface area contributed by atoms with Crippen LogP contribution in [0.25, 0.3) is 12.2 Å². The van der Waals surface area contributed by atoms with Gasteiger partial charge in [-0.3, -0.25) is 9.59 Å². The third-order valence-electron chi connectivity index (χ3n) is 6.57. The molecule has 0 unspecified atom stereocenters. The summed E-state index contributed by atoms with van der Waals surface area (Å²) in [4.78, 5) is 26.4. The van der Waals surface area contributed by atoms with Gasteiger partial charge in [-0.1, -0.05) is 12.1 Å². The Bertz CT molecular complexity index is 1410. The number of hydrogen-bond acceptors (Lipinski definition) is 5. The predicted octanol–water partition coefficient (Wildman–Crippen LogP) is 5.49. The Kier molecular flexibility index (Phi) is 10.6. The van der Waals surface area contributed by atoms with Crippen molar-refractivity contribution < 1.29 is 36.6 Å². The number of carbonyl (C=O) groups is 2. The summed E-state index contributed by atoms with van der Waals surface area (Å²) in [5.74, 6) is -4.36. The van der Waals surface area contributed by atoms with Gasteiger partial charge in [-0.25, -0.2) is 17.6 Å². The van der Waals surface area contributed by atoms with Gasteiger partial charge in [0.2, 0.25) is 0 Å². The lowest BCUT2D eigenvalue weighted by molar-refractivity contribution is -0.113. The average Bonchev–Trinajstić information content (AvgIpc) is 2.97. The summed E-state index contributed by atoms with van der Waals surface area (Å²) < 4.78 is 65.2. The molecule has 220 valence electrons. The Balaban J connectivity index is 1.50. The summed E-state index contributed by atoms with van der Waals surface area (Å²) in [6.07, 6.45) is 3.10. The van der Waals surface area contributed by atoms with Gasteiger partial charge in [0.15, 0.2) is 29.1 Å². The molecule has 1 fully saturated rings. The van der Waals surface area contributed by atoms with Crippen molar-refractivity contribution in [2.24, 2.45) is 0 Å². The first-order valence-electron chi connectivity index (χ1n) is 13.3. The van der Waals surface area contributed by atoms with Crippen molar-refractivity contribution >= 4 is 23.8 Å². The number of rotatable bonds is 11. The third-order valence-corrected chi connectivity index (χ3v) is 6.57. The molecule has 42 heavy (non-hydrogen) atoms. The van der Waals surface area contributed by atoms with Gasteiger partial charge in [0.1, 0.15) is 12.4 Å². The minimum absolute atomic E-state index is 0.121. The lowest BCUT2D eigenvalue weighted by Gasteiger charge is -2.27. The van der Waals surface area contributed by atoms with Crippen LogP contribution in [0, 0.1) is 23.3 Å². The van der Waals surface area contributed by atoms with Gasteiger partial charge in [0.05, 0.1) is 6.61 Å². The highest BCUT2D eigenvalue weighted by atomic mass is 19.2. The third kappa shape index (κ3) is 8.37. The van der Waals surface area contributed by atoms with Crippen molar-refractivity contribution in [1.82, 2.24) is 10.6 Å². The SMILES string of the molecule is COCCNCCOc1ccc(C(=O)NC2C/C(=C\c3ccc(F)c(F)c3)C(=O)/C(=C/c3ccc(F)c(F)c3)C2)cc1. The molecule has 0 radical (unpaired) electrons. The zero-order valence-electron chi connectivity index (χ0n) is 22.9. The normalized spacial score (nSPS) is 17.1.